The van der Waals surface area contributed by atoms with E-state index < -0.39 is 16.1 Å². The van der Waals surface area contributed by atoms with Crippen LogP contribution in [0.15, 0.2) is 67.3 Å². The number of hydrogen-bond donors (Lipinski definition) is 2. The van der Waals surface area contributed by atoms with Crippen molar-refractivity contribution in [2.45, 2.75) is 49.9 Å². The Morgan fingerprint density at radius 3 is 2.44 bits per heavy atom. The van der Waals surface area contributed by atoms with Gasteiger partial charge in [0, 0.05) is 23.8 Å². The molecule has 2 aromatic carbocycles. The van der Waals surface area contributed by atoms with Crippen molar-refractivity contribution in [1.82, 2.24) is 9.62 Å². The van der Waals surface area contributed by atoms with Gasteiger partial charge in [-0.05, 0) is 55.0 Å². The highest BCUT2D eigenvalue weighted by Gasteiger charge is 2.47. The maximum atomic E-state index is 13.4. The monoisotopic (exact) mass is 481 g/mol. The van der Waals surface area contributed by atoms with Gasteiger partial charge in [-0.25, -0.2) is 13.1 Å². The molecule has 2 N–H and O–H groups in total. The summed E-state index contributed by atoms with van der Waals surface area (Å²) in [5, 5.41) is 2.94. The minimum atomic E-state index is -3.45. The minimum absolute atomic E-state index is 0.0906. The van der Waals surface area contributed by atoms with E-state index in [1.807, 2.05) is 18.2 Å². The highest BCUT2D eigenvalue weighted by Crippen LogP contribution is 2.40. The zero-order valence-electron chi connectivity index (χ0n) is 19.2. The van der Waals surface area contributed by atoms with Gasteiger partial charge in [-0.15, -0.1) is 6.58 Å². The lowest BCUT2D eigenvalue weighted by atomic mass is 9.84. The summed E-state index contributed by atoms with van der Waals surface area (Å²) in [6, 6.07) is 15.5. The predicted octanol–water partition coefficient (Wildman–Crippen LogP) is 3.70. The van der Waals surface area contributed by atoms with Crippen LogP contribution in [0, 0.1) is 5.92 Å². The van der Waals surface area contributed by atoms with Gasteiger partial charge < -0.3 is 10.2 Å². The Labute approximate surface area is 201 Å². The Hall–Kier alpha value is -2.97. The summed E-state index contributed by atoms with van der Waals surface area (Å²) in [7, 11) is -3.45. The Kier molecular flexibility index (Phi) is 7.48. The van der Waals surface area contributed by atoms with E-state index in [9.17, 15) is 18.0 Å². The van der Waals surface area contributed by atoms with Gasteiger partial charge in [-0.1, -0.05) is 49.2 Å². The van der Waals surface area contributed by atoms with Gasteiger partial charge in [0.05, 0.1) is 5.75 Å². The summed E-state index contributed by atoms with van der Waals surface area (Å²) < 4.78 is 26.6. The van der Waals surface area contributed by atoms with Gasteiger partial charge in [0.2, 0.25) is 15.9 Å². The van der Waals surface area contributed by atoms with E-state index in [0.717, 1.165) is 25.7 Å². The number of nitrogens with zero attached hydrogens (tertiary/aromatic N) is 1. The van der Waals surface area contributed by atoms with E-state index in [0.29, 0.717) is 29.2 Å². The third-order valence-corrected chi connectivity index (χ3v) is 7.99. The topological polar surface area (TPSA) is 95.6 Å². The first-order valence-corrected chi connectivity index (χ1v) is 13.4. The molecule has 2 fully saturated rings. The lowest BCUT2D eigenvalue weighted by Gasteiger charge is -2.33. The summed E-state index contributed by atoms with van der Waals surface area (Å²) in [6.45, 7) is 3.69. The Morgan fingerprint density at radius 1 is 1.03 bits per heavy atom. The smallest absolute Gasteiger partial charge is 0.254 e. The molecule has 7 nitrogen and oxygen atoms in total. The first kappa shape index (κ1) is 24.2. The van der Waals surface area contributed by atoms with Crippen LogP contribution in [0.1, 0.15) is 48.0 Å². The molecule has 1 heterocycles. The molecule has 1 aliphatic carbocycles. The van der Waals surface area contributed by atoms with E-state index in [2.05, 4.69) is 16.6 Å². The molecule has 1 aliphatic heterocycles. The number of hydrogen-bond acceptors (Lipinski definition) is 4. The molecule has 4 rings (SSSR count). The number of rotatable bonds is 8. The first-order chi connectivity index (χ1) is 16.4. The fourth-order valence-electron chi connectivity index (χ4n) is 5.08. The fourth-order valence-corrected chi connectivity index (χ4v) is 6.19. The fraction of sp³-hybridized carbons (Fsp3) is 0.385. The van der Waals surface area contributed by atoms with Crippen LogP contribution in [-0.2, 0) is 20.6 Å². The Morgan fingerprint density at radius 2 is 1.74 bits per heavy atom. The van der Waals surface area contributed by atoms with Crippen molar-refractivity contribution in [2.75, 3.05) is 11.9 Å². The predicted molar refractivity (Wildman–Crippen MR) is 133 cm³/mol. The largest absolute Gasteiger partial charge is 0.324 e. The second kappa shape index (κ2) is 10.5. The van der Waals surface area contributed by atoms with E-state index in [4.69, 9.17) is 0 Å². The van der Waals surface area contributed by atoms with Crippen molar-refractivity contribution in [3.05, 3.63) is 78.4 Å². The molecule has 1 saturated carbocycles. The zero-order valence-corrected chi connectivity index (χ0v) is 20.0. The number of carbonyl (C=O) groups is 2. The van der Waals surface area contributed by atoms with Gasteiger partial charge in [-0.3, -0.25) is 9.59 Å². The number of nitrogens with one attached hydrogen (secondary N) is 2. The number of amides is 2. The summed E-state index contributed by atoms with van der Waals surface area (Å²) in [5.74, 6) is -0.109. The molecule has 2 aliphatic rings. The lowest BCUT2D eigenvalue weighted by Crippen LogP contribution is -2.47. The van der Waals surface area contributed by atoms with Crippen LogP contribution in [0.2, 0.25) is 0 Å². The second-order valence-electron chi connectivity index (χ2n) is 9.02. The maximum absolute atomic E-state index is 13.4. The molecule has 2 aromatic rings. The van der Waals surface area contributed by atoms with E-state index in [1.54, 1.807) is 41.3 Å². The van der Waals surface area contributed by atoms with Crippen LogP contribution in [-0.4, -0.2) is 43.8 Å². The second-order valence-corrected chi connectivity index (χ2v) is 10.8. The van der Waals surface area contributed by atoms with Crippen LogP contribution in [0.5, 0.6) is 0 Å². The average molecular weight is 482 g/mol. The number of carbonyl (C=O) groups excluding carboxylic acids is 2. The van der Waals surface area contributed by atoms with Gasteiger partial charge in [0.25, 0.3) is 5.91 Å². The Balaban J connectivity index is 1.47. The van der Waals surface area contributed by atoms with Crippen LogP contribution in [0.3, 0.4) is 0 Å². The van der Waals surface area contributed by atoms with Crippen molar-refractivity contribution < 1.29 is 18.0 Å². The van der Waals surface area contributed by atoms with Crippen molar-refractivity contribution >= 4 is 27.5 Å². The number of benzene rings is 2. The molecule has 34 heavy (non-hydrogen) atoms. The molecule has 8 heteroatoms. The van der Waals surface area contributed by atoms with Crippen molar-refractivity contribution in [3.63, 3.8) is 0 Å². The summed E-state index contributed by atoms with van der Waals surface area (Å²) in [6.07, 6.45) is 6.32. The Bertz CT molecular complexity index is 1130. The molecule has 0 bridgehead atoms. The summed E-state index contributed by atoms with van der Waals surface area (Å²) in [4.78, 5) is 28.5. The number of anilines is 1. The highest BCUT2D eigenvalue weighted by molar-refractivity contribution is 7.88. The molecule has 3 unspecified atom stereocenters. The molecule has 0 radical (unpaired) electrons. The van der Waals surface area contributed by atoms with Crippen LogP contribution >= 0.6 is 0 Å². The van der Waals surface area contributed by atoms with Crippen LogP contribution in [0.25, 0.3) is 0 Å². The molecule has 0 spiro atoms. The molecule has 1 saturated heterocycles. The minimum Gasteiger partial charge on any atom is -0.324 e. The summed E-state index contributed by atoms with van der Waals surface area (Å²) in [5.41, 5.74) is 1.79. The van der Waals surface area contributed by atoms with Gasteiger partial charge in [0.1, 0.15) is 6.04 Å². The zero-order chi connectivity index (χ0) is 24.1. The number of fused-ring (bicyclic) bond motifs is 1. The SMILES string of the molecule is C=CCNS(=O)(=O)Cc1ccc(NC(=O)C2CC3CCCCC3N2C(=O)c2ccccc2)cc1. The van der Waals surface area contributed by atoms with Gasteiger partial charge in [0.15, 0.2) is 0 Å². The number of likely N-dealkylation sites (tertiary alicyclic amines) is 1. The standard InChI is InChI=1S/C26H31N3O4S/c1-2-16-27-34(32,33)18-19-12-14-22(15-13-19)28-25(30)24-17-21-10-6-7-11-23(21)29(24)26(31)20-8-4-3-5-9-20/h2-5,8-9,12-15,21,23-24,27H,1,6-7,10-11,16-18H2,(H,28,30). The number of sulfonamides is 1. The maximum Gasteiger partial charge on any atom is 0.254 e. The molecule has 0 aromatic heterocycles. The lowest BCUT2D eigenvalue weighted by molar-refractivity contribution is -0.120. The molecule has 180 valence electrons. The highest BCUT2D eigenvalue weighted by atomic mass is 32.2. The van der Waals surface area contributed by atoms with E-state index >= 15 is 0 Å². The van der Waals surface area contributed by atoms with Crippen molar-refractivity contribution in [2.24, 2.45) is 5.92 Å². The molecular formula is C26H31N3O4S. The van der Waals surface area contributed by atoms with Gasteiger partial charge >= 0.3 is 0 Å². The van der Waals surface area contributed by atoms with Crippen LogP contribution < -0.4 is 10.0 Å². The first-order valence-electron chi connectivity index (χ1n) is 11.7. The average Bonchev–Trinajstić information content (AvgIpc) is 3.24. The third kappa shape index (κ3) is 5.56. The van der Waals surface area contributed by atoms with Crippen LogP contribution in [0.4, 0.5) is 5.69 Å². The molecule has 3 atom stereocenters. The molecular weight excluding hydrogens is 450 g/mol. The van der Waals surface area contributed by atoms with Gasteiger partial charge in [-0.2, -0.15) is 0 Å². The summed E-state index contributed by atoms with van der Waals surface area (Å²) >= 11 is 0. The normalized spacial score (nSPS) is 22.1. The van der Waals surface area contributed by atoms with Crippen molar-refractivity contribution in [1.29, 1.82) is 0 Å². The van der Waals surface area contributed by atoms with Crippen molar-refractivity contribution in [3.8, 4) is 0 Å². The molecule has 2 amide bonds. The van der Waals surface area contributed by atoms with E-state index in [1.165, 1.54) is 6.08 Å². The quantitative estimate of drug-likeness (QED) is 0.562. The van der Waals surface area contributed by atoms with E-state index in [-0.39, 0.29) is 30.2 Å². The third-order valence-electron chi connectivity index (χ3n) is 6.67.